The Morgan fingerprint density at radius 1 is 1.46 bits per heavy atom. The summed E-state index contributed by atoms with van der Waals surface area (Å²) in [6.07, 6.45) is 1.90. The van der Waals surface area contributed by atoms with Crippen molar-refractivity contribution in [1.82, 2.24) is 15.2 Å². The zero-order valence-corrected chi connectivity index (χ0v) is 7.60. The largest absolute Gasteiger partial charge is 0.341 e. The van der Waals surface area contributed by atoms with Gasteiger partial charge in [-0.3, -0.25) is 4.98 Å². The molecule has 1 aromatic rings. The van der Waals surface area contributed by atoms with E-state index in [0.717, 1.165) is 12.8 Å². The molecule has 0 spiro atoms. The molecule has 0 radical (unpaired) electrons. The minimum absolute atomic E-state index is 0.0911. The van der Waals surface area contributed by atoms with E-state index in [1.807, 2.05) is 5.10 Å². The predicted molar refractivity (Wildman–Crippen MR) is 44.0 cm³/mol. The fourth-order valence-corrected chi connectivity index (χ4v) is 2.62. The van der Waals surface area contributed by atoms with Crippen LogP contribution in [0.4, 0.5) is 0 Å². The first kappa shape index (κ1) is 8.49. The number of rotatable bonds is 3. The molecule has 0 atom stereocenters. The highest BCUT2D eigenvalue weighted by Gasteiger charge is 2.30. The summed E-state index contributed by atoms with van der Waals surface area (Å²) in [5.74, 6) is 0.346. The van der Waals surface area contributed by atoms with Crippen LogP contribution in [0.15, 0.2) is 9.95 Å². The first-order valence-electron chi connectivity index (χ1n) is 3.95. The van der Waals surface area contributed by atoms with Crippen LogP contribution >= 0.6 is 0 Å². The summed E-state index contributed by atoms with van der Waals surface area (Å²) >= 11 is 0. The van der Waals surface area contributed by atoms with Gasteiger partial charge in [-0.15, -0.1) is 5.10 Å². The molecule has 0 unspecified atom stereocenters. The van der Waals surface area contributed by atoms with Crippen molar-refractivity contribution in [3.05, 3.63) is 10.5 Å². The predicted octanol–water partition coefficient (Wildman–Crippen LogP) is -0.718. The van der Waals surface area contributed by atoms with Crippen molar-refractivity contribution < 1.29 is 8.42 Å². The van der Waals surface area contributed by atoms with Crippen LogP contribution in [0, 0.1) is 5.92 Å². The molecule has 2 rings (SSSR count). The standard InChI is InChI=1S/C6H9N3O3S/c10-5-7-6(9-8-5)13(11,12)3-4-1-2-4/h4H,1-3H2,(H2,7,8,9,10). The van der Waals surface area contributed by atoms with E-state index in [1.54, 1.807) is 0 Å². The Balaban J connectivity index is 2.27. The van der Waals surface area contributed by atoms with E-state index in [-0.39, 0.29) is 16.8 Å². The lowest BCUT2D eigenvalue weighted by Gasteiger charge is -1.95. The second-order valence-corrected chi connectivity index (χ2v) is 5.16. The average molecular weight is 203 g/mol. The molecular weight excluding hydrogens is 194 g/mol. The highest BCUT2D eigenvalue weighted by Crippen LogP contribution is 2.31. The summed E-state index contributed by atoms with van der Waals surface area (Å²) in [5, 5.41) is 5.17. The lowest BCUT2D eigenvalue weighted by molar-refractivity contribution is 0.584. The third-order valence-electron chi connectivity index (χ3n) is 1.93. The molecule has 0 aliphatic heterocycles. The summed E-state index contributed by atoms with van der Waals surface area (Å²) in [7, 11) is -3.37. The van der Waals surface area contributed by atoms with Crippen molar-refractivity contribution in [2.45, 2.75) is 18.0 Å². The molecule has 1 saturated carbocycles. The van der Waals surface area contributed by atoms with Gasteiger partial charge >= 0.3 is 5.69 Å². The Hall–Kier alpha value is -1.11. The Bertz CT molecular complexity index is 453. The second-order valence-electron chi connectivity index (χ2n) is 3.21. The molecule has 1 fully saturated rings. The fraction of sp³-hybridized carbons (Fsp3) is 0.667. The number of hydrogen-bond donors (Lipinski definition) is 2. The number of nitrogens with zero attached hydrogens (tertiary/aromatic N) is 1. The van der Waals surface area contributed by atoms with E-state index >= 15 is 0 Å². The van der Waals surface area contributed by atoms with Gasteiger partial charge in [0.2, 0.25) is 15.0 Å². The smallest absolute Gasteiger partial charge is 0.280 e. The molecule has 7 heteroatoms. The van der Waals surface area contributed by atoms with Gasteiger partial charge in [0, 0.05) is 0 Å². The summed E-state index contributed by atoms with van der Waals surface area (Å²) in [6.45, 7) is 0. The van der Waals surface area contributed by atoms with Gasteiger partial charge in [0.05, 0.1) is 5.75 Å². The van der Waals surface area contributed by atoms with Crippen LogP contribution in [0.25, 0.3) is 0 Å². The average Bonchev–Trinajstić information content (AvgIpc) is 2.70. The maximum atomic E-state index is 11.4. The van der Waals surface area contributed by atoms with Crippen LogP contribution in [0.1, 0.15) is 12.8 Å². The summed E-state index contributed by atoms with van der Waals surface area (Å²) in [4.78, 5) is 12.7. The molecule has 13 heavy (non-hydrogen) atoms. The van der Waals surface area contributed by atoms with Gasteiger partial charge in [0.1, 0.15) is 0 Å². The van der Waals surface area contributed by atoms with Crippen LogP contribution < -0.4 is 5.69 Å². The van der Waals surface area contributed by atoms with Crippen LogP contribution in [0.2, 0.25) is 0 Å². The number of hydrogen-bond acceptors (Lipinski definition) is 4. The normalized spacial score (nSPS) is 17.5. The molecule has 1 aliphatic carbocycles. The zero-order valence-electron chi connectivity index (χ0n) is 6.78. The summed E-state index contributed by atoms with van der Waals surface area (Å²) in [5.41, 5.74) is -0.589. The number of aromatic nitrogens is 3. The van der Waals surface area contributed by atoms with Crippen molar-refractivity contribution >= 4 is 9.84 Å². The van der Waals surface area contributed by atoms with Crippen LogP contribution in [0.3, 0.4) is 0 Å². The van der Waals surface area contributed by atoms with E-state index in [1.165, 1.54) is 0 Å². The van der Waals surface area contributed by atoms with Gasteiger partial charge in [-0.25, -0.2) is 18.3 Å². The Kier molecular flexibility index (Phi) is 1.76. The van der Waals surface area contributed by atoms with E-state index in [9.17, 15) is 13.2 Å². The zero-order chi connectivity index (χ0) is 9.47. The molecule has 1 aromatic heterocycles. The monoisotopic (exact) mass is 203 g/mol. The number of H-pyrrole nitrogens is 2. The van der Waals surface area contributed by atoms with Gasteiger partial charge in [-0.2, -0.15) is 0 Å². The van der Waals surface area contributed by atoms with E-state index < -0.39 is 15.5 Å². The molecule has 2 N–H and O–H groups in total. The maximum absolute atomic E-state index is 11.4. The third kappa shape index (κ3) is 1.80. The summed E-state index contributed by atoms with van der Waals surface area (Å²) in [6, 6.07) is 0. The topological polar surface area (TPSA) is 95.7 Å². The van der Waals surface area contributed by atoms with E-state index in [0.29, 0.717) is 0 Å². The second kappa shape index (κ2) is 2.69. The maximum Gasteiger partial charge on any atom is 0.341 e. The number of aromatic amines is 2. The molecular formula is C6H9N3O3S. The SMILES string of the molecule is O=c1[nH]nc(S(=O)(=O)CC2CC2)[nH]1. The van der Waals surface area contributed by atoms with Gasteiger partial charge in [0.25, 0.3) is 0 Å². The van der Waals surface area contributed by atoms with Crippen molar-refractivity contribution in [3.8, 4) is 0 Å². The van der Waals surface area contributed by atoms with Crippen molar-refractivity contribution in [1.29, 1.82) is 0 Å². The van der Waals surface area contributed by atoms with Gasteiger partial charge in [-0.1, -0.05) is 0 Å². The van der Waals surface area contributed by atoms with Crippen LogP contribution in [-0.4, -0.2) is 29.4 Å². The summed E-state index contributed by atoms with van der Waals surface area (Å²) < 4.78 is 22.9. The Labute approximate surface area is 74.3 Å². The molecule has 0 aromatic carbocycles. The van der Waals surface area contributed by atoms with Gasteiger partial charge < -0.3 is 0 Å². The molecule has 0 bridgehead atoms. The lowest BCUT2D eigenvalue weighted by atomic mass is 10.5. The number of nitrogens with one attached hydrogen (secondary N) is 2. The molecule has 6 nitrogen and oxygen atoms in total. The lowest BCUT2D eigenvalue weighted by Crippen LogP contribution is -2.11. The van der Waals surface area contributed by atoms with E-state index in [4.69, 9.17) is 0 Å². The minimum Gasteiger partial charge on any atom is -0.280 e. The first-order chi connectivity index (χ1) is 6.08. The van der Waals surface area contributed by atoms with Crippen molar-refractivity contribution in [2.75, 3.05) is 5.75 Å². The molecule has 0 amide bonds. The van der Waals surface area contributed by atoms with E-state index in [2.05, 4.69) is 10.1 Å². The number of sulfone groups is 1. The third-order valence-corrected chi connectivity index (χ3v) is 3.62. The first-order valence-corrected chi connectivity index (χ1v) is 5.60. The van der Waals surface area contributed by atoms with Crippen molar-refractivity contribution in [2.24, 2.45) is 5.92 Å². The molecule has 1 aliphatic rings. The Morgan fingerprint density at radius 3 is 2.62 bits per heavy atom. The van der Waals surface area contributed by atoms with Gasteiger partial charge in [0.15, 0.2) is 0 Å². The fourth-order valence-electron chi connectivity index (χ4n) is 1.08. The van der Waals surface area contributed by atoms with Crippen LogP contribution in [-0.2, 0) is 9.84 Å². The quantitative estimate of drug-likeness (QED) is 0.677. The molecule has 0 saturated heterocycles. The van der Waals surface area contributed by atoms with Crippen molar-refractivity contribution in [3.63, 3.8) is 0 Å². The van der Waals surface area contributed by atoms with Gasteiger partial charge in [-0.05, 0) is 18.8 Å². The highest BCUT2D eigenvalue weighted by molar-refractivity contribution is 7.91. The Morgan fingerprint density at radius 2 is 2.15 bits per heavy atom. The highest BCUT2D eigenvalue weighted by atomic mass is 32.2. The molecule has 72 valence electrons. The molecule has 1 heterocycles. The minimum atomic E-state index is -3.37. The van der Waals surface area contributed by atoms with Crippen LogP contribution in [0.5, 0.6) is 0 Å².